The van der Waals surface area contributed by atoms with Crippen molar-refractivity contribution in [2.75, 3.05) is 0 Å². The fourth-order valence-electron chi connectivity index (χ4n) is 2.96. The largest absolute Gasteiger partial charge is 0.481 e. The van der Waals surface area contributed by atoms with Crippen LogP contribution in [0.1, 0.15) is 76.7 Å². The molecule has 6 heteroatoms. The van der Waals surface area contributed by atoms with Gasteiger partial charge < -0.3 is 10.2 Å². The van der Waals surface area contributed by atoms with Crippen LogP contribution in [0.15, 0.2) is 18.2 Å². The number of ketones is 1. The molecule has 0 aliphatic rings. The molecule has 2 N–H and O–H groups in total. The van der Waals surface area contributed by atoms with Crippen molar-refractivity contribution in [2.24, 2.45) is 5.92 Å². The number of aliphatic hydroxyl groups is 1. The van der Waals surface area contributed by atoms with E-state index in [-0.39, 0.29) is 30.6 Å². The van der Waals surface area contributed by atoms with E-state index in [1.165, 1.54) is 0 Å². The van der Waals surface area contributed by atoms with E-state index in [9.17, 15) is 23.5 Å². The highest BCUT2D eigenvalue weighted by molar-refractivity contribution is 5.78. The molecule has 160 valence electrons. The van der Waals surface area contributed by atoms with Crippen molar-refractivity contribution in [2.45, 2.75) is 77.2 Å². The molecule has 0 aliphatic carbocycles. The molecule has 4 nitrogen and oxygen atoms in total. The van der Waals surface area contributed by atoms with Crippen LogP contribution in [0, 0.1) is 29.4 Å². The number of aliphatic hydroxyl groups excluding tert-OH is 1. The highest BCUT2D eigenvalue weighted by Crippen LogP contribution is 2.17. The number of hydrogen-bond donors (Lipinski definition) is 2. The Bertz CT molecular complexity index is 701. The molecule has 0 fully saturated rings. The molecule has 0 saturated carbocycles. The predicted octanol–water partition coefficient (Wildman–Crippen LogP) is 4.87. The Balaban J connectivity index is 2.18. The molecule has 0 bridgehead atoms. The summed E-state index contributed by atoms with van der Waals surface area (Å²) in [6, 6.07) is 2.92. The van der Waals surface area contributed by atoms with Gasteiger partial charge in [-0.2, -0.15) is 0 Å². The van der Waals surface area contributed by atoms with Crippen molar-refractivity contribution in [3.63, 3.8) is 0 Å². The van der Waals surface area contributed by atoms with E-state index in [0.717, 1.165) is 50.3 Å². The molecule has 1 unspecified atom stereocenters. The molecule has 0 amide bonds. The number of benzene rings is 1. The minimum absolute atomic E-state index is 0.0657. The van der Waals surface area contributed by atoms with Crippen LogP contribution in [-0.2, 0) is 9.59 Å². The first-order valence-corrected chi connectivity index (χ1v) is 10.2. The Labute approximate surface area is 171 Å². The third-order valence-corrected chi connectivity index (χ3v) is 4.70. The van der Waals surface area contributed by atoms with E-state index in [0.29, 0.717) is 18.8 Å². The van der Waals surface area contributed by atoms with Crippen LogP contribution in [0.4, 0.5) is 8.78 Å². The van der Waals surface area contributed by atoms with Gasteiger partial charge in [-0.15, -0.1) is 0 Å². The third kappa shape index (κ3) is 12.7. The summed E-state index contributed by atoms with van der Waals surface area (Å²) in [4.78, 5) is 22.4. The summed E-state index contributed by atoms with van der Waals surface area (Å²) >= 11 is 0. The number of aliphatic carboxylic acids is 1. The number of carboxylic acids is 1. The maximum Gasteiger partial charge on any atom is 0.303 e. The molecule has 0 spiro atoms. The monoisotopic (exact) mass is 408 g/mol. The topological polar surface area (TPSA) is 74.6 Å². The number of hydrogen-bond acceptors (Lipinski definition) is 3. The van der Waals surface area contributed by atoms with Gasteiger partial charge in [0.2, 0.25) is 0 Å². The molecule has 29 heavy (non-hydrogen) atoms. The van der Waals surface area contributed by atoms with Crippen LogP contribution < -0.4 is 0 Å². The van der Waals surface area contributed by atoms with Gasteiger partial charge in [0.1, 0.15) is 23.5 Å². The lowest BCUT2D eigenvalue weighted by Gasteiger charge is -2.10. The first-order valence-electron chi connectivity index (χ1n) is 10.2. The van der Waals surface area contributed by atoms with Crippen molar-refractivity contribution < 1.29 is 28.6 Å². The van der Waals surface area contributed by atoms with Gasteiger partial charge in [-0.05, 0) is 37.3 Å². The zero-order valence-electron chi connectivity index (χ0n) is 16.9. The Morgan fingerprint density at radius 1 is 0.931 bits per heavy atom. The van der Waals surface area contributed by atoms with Crippen LogP contribution in [0.25, 0.3) is 0 Å². The van der Waals surface area contributed by atoms with E-state index in [1.54, 1.807) is 0 Å². The van der Waals surface area contributed by atoms with Crippen LogP contribution >= 0.6 is 0 Å². The average molecular weight is 408 g/mol. The lowest BCUT2D eigenvalue weighted by atomic mass is 9.95. The Morgan fingerprint density at radius 3 is 2.21 bits per heavy atom. The highest BCUT2D eigenvalue weighted by Gasteiger charge is 2.09. The molecule has 0 heterocycles. The lowest BCUT2D eigenvalue weighted by molar-refractivity contribution is -0.137. The average Bonchev–Trinajstić information content (AvgIpc) is 2.64. The van der Waals surface area contributed by atoms with Gasteiger partial charge in [0, 0.05) is 30.9 Å². The van der Waals surface area contributed by atoms with Gasteiger partial charge in [-0.25, -0.2) is 8.78 Å². The van der Waals surface area contributed by atoms with Gasteiger partial charge in [0.25, 0.3) is 0 Å². The Kier molecular flexibility index (Phi) is 11.8. The highest BCUT2D eigenvalue weighted by atomic mass is 19.1. The number of unbranched alkanes of at least 4 members (excludes halogenated alkanes) is 3. The van der Waals surface area contributed by atoms with Crippen LogP contribution in [0.3, 0.4) is 0 Å². The number of carbonyl (C=O) groups excluding carboxylic acids is 1. The molecule has 1 aromatic carbocycles. The fourth-order valence-corrected chi connectivity index (χ4v) is 2.96. The van der Waals surface area contributed by atoms with Crippen molar-refractivity contribution in [1.82, 2.24) is 0 Å². The van der Waals surface area contributed by atoms with Crippen molar-refractivity contribution in [3.8, 4) is 11.8 Å². The quantitative estimate of drug-likeness (QED) is 0.361. The van der Waals surface area contributed by atoms with Crippen molar-refractivity contribution in [3.05, 3.63) is 35.4 Å². The summed E-state index contributed by atoms with van der Waals surface area (Å²) in [5.41, 5.74) is 0.143. The van der Waals surface area contributed by atoms with Crippen LogP contribution in [-0.4, -0.2) is 28.1 Å². The molecule has 0 radical (unpaired) electrons. The summed E-state index contributed by atoms with van der Waals surface area (Å²) in [5.74, 6) is 3.31. The van der Waals surface area contributed by atoms with E-state index in [2.05, 4.69) is 18.8 Å². The number of carbonyl (C=O) groups is 2. The van der Waals surface area contributed by atoms with E-state index < -0.39 is 23.7 Å². The van der Waals surface area contributed by atoms with E-state index >= 15 is 0 Å². The maximum absolute atomic E-state index is 13.1. The molecular weight excluding hydrogens is 378 g/mol. The van der Waals surface area contributed by atoms with Crippen molar-refractivity contribution >= 4 is 11.8 Å². The number of Topliss-reactive ketones (excluding diaryl/α,β-unsaturated/α-hetero) is 1. The molecule has 0 saturated heterocycles. The van der Waals surface area contributed by atoms with Crippen molar-refractivity contribution in [1.29, 1.82) is 0 Å². The molecule has 1 aromatic rings. The second-order valence-corrected chi connectivity index (χ2v) is 7.51. The standard InChI is InChI=1S/C23H30F2O4/c1-17(6-4-2-3-5-7-23(28)29)8-10-21(26)12-13-22(27)11-9-18-14-19(24)16-20(25)15-18/h14-17,22,27H,2-8,10,12-13H2,1H3,(H,28,29)/t17-,22?/m0/s1. The molecule has 2 atom stereocenters. The Morgan fingerprint density at radius 2 is 1.55 bits per heavy atom. The molecule has 0 aromatic heterocycles. The lowest BCUT2D eigenvalue weighted by Crippen LogP contribution is -2.08. The zero-order chi connectivity index (χ0) is 21.6. The van der Waals surface area contributed by atoms with E-state index in [4.69, 9.17) is 5.11 Å². The van der Waals surface area contributed by atoms with Gasteiger partial charge in [-0.1, -0.05) is 44.4 Å². The minimum atomic E-state index is -1.02. The zero-order valence-corrected chi connectivity index (χ0v) is 16.9. The predicted molar refractivity (Wildman–Crippen MR) is 107 cm³/mol. The van der Waals surface area contributed by atoms with Crippen LogP contribution in [0.2, 0.25) is 0 Å². The summed E-state index contributed by atoms with van der Waals surface area (Å²) in [6.07, 6.45) is 5.53. The smallest absolute Gasteiger partial charge is 0.303 e. The third-order valence-electron chi connectivity index (χ3n) is 4.70. The van der Waals surface area contributed by atoms with Crippen LogP contribution in [0.5, 0.6) is 0 Å². The number of carboxylic acid groups (broad SMARTS) is 1. The van der Waals surface area contributed by atoms with E-state index in [1.807, 2.05) is 0 Å². The second-order valence-electron chi connectivity index (χ2n) is 7.51. The molecule has 0 aliphatic heterocycles. The summed E-state index contributed by atoms with van der Waals surface area (Å²) < 4.78 is 26.2. The normalized spacial score (nSPS) is 12.7. The minimum Gasteiger partial charge on any atom is -0.481 e. The first kappa shape index (κ1) is 24.8. The molecular formula is C23H30F2O4. The van der Waals surface area contributed by atoms with Gasteiger partial charge in [-0.3, -0.25) is 9.59 Å². The number of halogens is 2. The van der Waals surface area contributed by atoms with Gasteiger partial charge >= 0.3 is 5.97 Å². The van der Waals surface area contributed by atoms with Gasteiger partial charge in [0.15, 0.2) is 0 Å². The van der Waals surface area contributed by atoms with Gasteiger partial charge in [0.05, 0.1) is 0 Å². The summed E-state index contributed by atoms with van der Waals surface area (Å²) in [6.45, 7) is 2.10. The summed E-state index contributed by atoms with van der Waals surface area (Å²) in [5, 5.41) is 18.4. The molecule has 1 rings (SSSR count). The fraction of sp³-hybridized carbons (Fsp3) is 0.565. The summed E-state index contributed by atoms with van der Waals surface area (Å²) in [7, 11) is 0. The SMILES string of the molecule is C[C@@H](CCCCCCC(=O)O)CCC(=O)CCC(O)C#Cc1cc(F)cc(F)c1. The maximum atomic E-state index is 13.1. The first-order chi connectivity index (χ1) is 13.8. The second kappa shape index (κ2) is 13.8. The number of rotatable bonds is 13. The Hall–Kier alpha value is -2.26.